The van der Waals surface area contributed by atoms with Crippen molar-refractivity contribution in [2.24, 2.45) is 0 Å². The molecule has 0 aliphatic rings. The number of aryl methyl sites for hydroxylation is 1. The maximum Gasteiger partial charge on any atom is 0.306 e. The van der Waals surface area contributed by atoms with Gasteiger partial charge in [0.15, 0.2) is 14.1 Å². The van der Waals surface area contributed by atoms with Gasteiger partial charge < -0.3 is 13.9 Å². The molecule has 33 heavy (non-hydrogen) atoms. The Kier molecular flexibility index (Phi) is 8.93. The maximum absolute atomic E-state index is 12.7. The maximum atomic E-state index is 12.7. The minimum absolute atomic E-state index is 0.0367. The molecule has 0 unspecified atom stereocenters. The van der Waals surface area contributed by atoms with Gasteiger partial charge in [0.05, 0.1) is 18.4 Å². The number of ketones is 1. The lowest BCUT2D eigenvalue weighted by Gasteiger charge is -2.36. The van der Waals surface area contributed by atoms with Crippen molar-refractivity contribution in [1.29, 1.82) is 0 Å². The lowest BCUT2D eigenvalue weighted by Crippen LogP contribution is -2.41. The van der Waals surface area contributed by atoms with Crippen molar-refractivity contribution in [2.45, 2.75) is 91.0 Å². The second-order valence-electron chi connectivity index (χ2n) is 11.0. The predicted molar refractivity (Wildman–Crippen MR) is 139 cm³/mol. The van der Waals surface area contributed by atoms with Crippen molar-refractivity contribution >= 4 is 41.5 Å². The van der Waals surface area contributed by atoms with Crippen molar-refractivity contribution in [2.75, 3.05) is 13.7 Å². The van der Waals surface area contributed by atoms with Crippen LogP contribution in [0.4, 0.5) is 0 Å². The molecule has 0 atom stereocenters. The SMILES string of the molecule is COc1cc2cc(C(=O)CCC(=O)OC(C)(C)C)sc2cc1CCCO[Si](C)(C)C(C)(C)C. The van der Waals surface area contributed by atoms with Crippen LogP contribution in [0.5, 0.6) is 5.75 Å². The van der Waals surface area contributed by atoms with Gasteiger partial charge in [-0.15, -0.1) is 11.3 Å². The van der Waals surface area contributed by atoms with Crippen LogP contribution in [-0.4, -0.2) is 39.4 Å². The number of methoxy groups -OCH3 is 1. The molecule has 0 bridgehead atoms. The Morgan fingerprint density at radius 2 is 1.67 bits per heavy atom. The van der Waals surface area contributed by atoms with Crippen LogP contribution < -0.4 is 4.74 Å². The number of rotatable bonds is 10. The van der Waals surface area contributed by atoms with Crippen molar-refractivity contribution < 1.29 is 23.5 Å². The zero-order valence-electron chi connectivity index (χ0n) is 21.7. The molecule has 0 fully saturated rings. The molecule has 0 N–H and O–H groups in total. The van der Waals surface area contributed by atoms with Gasteiger partial charge in [-0.3, -0.25) is 9.59 Å². The Morgan fingerprint density at radius 3 is 2.24 bits per heavy atom. The van der Waals surface area contributed by atoms with Gasteiger partial charge in [-0.1, -0.05) is 20.8 Å². The van der Waals surface area contributed by atoms with E-state index in [1.807, 2.05) is 32.9 Å². The third kappa shape index (κ3) is 7.93. The fourth-order valence-electron chi connectivity index (χ4n) is 3.17. The van der Waals surface area contributed by atoms with E-state index in [0.29, 0.717) is 4.88 Å². The number of Topliss-reactive ketones (excluding diaryl/α,β-unsaturated/α-hetero) is 1. The molecule has 1 aromatic carbocycles. The molecule has 0 aliphatic heterocycles. The lowest BCUT2D eigenvalue weighted by molar-refractivity contribution is -0.154. The molecule has 0 aliphatic carbocycles. The van der Waals surface area contributed by atoms with Gasteiger partial charge in [-0.05, 0) is 80.9 Å². The number of carbonyl (C=O) groups excluding carboxylic acids is 2. The average molecular weight is 493 g/mol. The van der Waals surface area contributed by atoms with E-state index in [1.54, 1.807) is 7.11 Å². The molecule has 0 spiro atoms. The number of carbonyl (C=O) groups is 2. The number of ether oxygens (including phenoxy) is 2. The van der Waals surface area contributed by atoms with Gasteiger partial charge in [0.1, 0.15) is 11.4 Å². The first-order valence-electron chi connectivity index (χ1n) is 11.6. The Morgan fingerprint density at radius 1 is 1.00 bits per heavy atom. The Hall–Kier alpha value is -1.70. The number of hydrogen-bond acceptors (Lipinski definition) is 6. The summed E-state index contributed by atoms with van der Waals surface area (Å²) in [6, 6.07) is 6.01. The molecule has 0 amide bonds. The Labute approximate surface area is 203 Å². The molecular weight excluding hydrogens is 452 g/mol. The van der Waals surface area contributed by atoms with Crippen molar-refractivity contribution in [3.63, 3.8) is 0 Å². The second-order valence-corrected chi connectivity index (χ2v) is 16.9. The zero-order chi connectivity index (χ0) is 25.0. The van der Waals surface area contributed by atoms with E-state index in [1.165, 1.54) is 11.3 Å². The molecule has 0 radical (unpaired) electrons. The molecule has 2 aromatic rings. The minimum atomic E-state index is -1.75. The van der Waals surface area contributed by atoms with Gasteiger partial charge in [-0.25, -0.2) is 0 Å². The van der Waals surface area contributed by atoms with Crippen LogP contribution in [0.2, 0.25) is 18.1 Å². The molecule has 7 heteroatoms. The van der Waals surface area contributed by atoms with Gasteiger partial charge in [0.2, 0.25) is 0 Å². The van der Waals surface area contributed by atoms with Crippen LogP contribution in [-0.2, 0) is 20.4 Å². The van der Waals surface area contributed by atoms with E-state index in [2.05, 4.69) is 39.9 Å². The quantitative estimate of drug-likeness (QED) is 0.152. The third-order valence-electron chi connectivity index (χ3n) is 6.03. The molecule has 184 valence electrons. The highest BCUT2D eigenvalue weighted by atomic mass is 32.1. The summed E-state index contributed by atoms with van der Waals surface area (Å²) in [7, 11) is -0.0705. The van der Waals surface area contributed by atoms with E-state index in [-0.39, 0.29) is 29.6 Å². The van der Waals surface area contributed by atoms with E-state index in [0.717, 1.165) is 40.8 Å². The van der Waals surface area contributed by atoms with E-state index < -0.39 is 13.9 Å². The number of hydrogen-bond donors (Lipinski definition) is 0. The summed E-state index contributed by atoms with van der Waals surface area (Å²) in [5.41, 5.74) is 0.582. The summed E-state index contributed by atoms with van der Waals surface area (Å²) in [4.78, 5) is 25.3. The highest BCUT2D eigenvalue weighted by Crippen LogP contribution is 2.37. The van der Waals surface area contributed by atoms with Crippen molar-refractivity contribution in [1.82, 2.24) is 0 Å². The molecular formula is C26H40O5SSi. The normalized spacial score (nSPS) is 12.8. The number of benzene rings is 1. The van der Waals surface area contributed by atoms with Gasteiger partial charge in [0.25, 0.3) is 0 Å². The Balaban J connectivity index is 2.04. The molecule has 0 saturated carbocycles. The predicted octanol–water partition coefficient (Wildman–Crippen LogP) is 7.17. The molecule has 1 aromatic heterocycles. The largest absolute Gasteiger partial charge is 0.496 e. The van der Waals surface area contributed by atoms with Crippen LogP contribution >= 0.6 is 11.3 Å². The molecule has 1 heterocycles. The fraction of sp³-hybridized carbons (Fsp3) is 0.615. The van der Waals surface area contributed by atoms with Crippen LogP contribution in [0.15, 0.2) is 18.2 Å². The van der Waals surface area contributed by atoms with Gasteiger partial charge in [0, 0.05) is 17.7 Å². The summed E-state index contributed by atoms with van der Waals surface area (Å²) < 4.78 is 18.3. The van der Waals surface area contributed by atoms with Gasteiger partial charge in [-0.2, -0.15) is 0 Å². The first-order valence-corrected chi connectivity index (χ1v) is 15.3. The molecule has 2 rings (SSSR count). The van der Waals surface area contributed by atoms with Crippen LogP contribution in [0.1, 0.15) is 76.0 Å². The zero-order valence-corrected chi connectivity index (χ0v) is 23.5. The summed E-state index contributed by atoms with van der Waals surface area (Å²) >= 11 is 1.47. The fourth-order valence-corrected chi connectivity index (χ4v) is 5.33. The van der Waals surface area contributed by atoms with E-state index in [9.17, 15) is 9.59 Å². The summed E-state index contributed by atoms with van der Waals surface area (Å²) in [5, 5.41) is 1.19. The number of esters is 1. The van der Waals surface area contributed by atoms with E-state index in [4.69, 9.17) is 13.9 Å². The standard InChI is InChI=1S/C26H40O5SSi/c1-25(2,3)31-24(28)13-12-20(27)23-17-19-15-21(29-7)18(16-22(19)32-23)11-10-14-30-33(8,9)26(4,5)6/h15-17H,10-14H2,1-9H3. The van der Waals surface area contributed by atoms with Crippen molar-refractivity contribution in [3.8, 4) is 5.75 Å². The van der Waals surface area contributed by atoms with Gasteiger partial charge >= 0.3 is 5.97 Å². The van der Waals surface area contributed by atoms with E-state index >= 15 is 0 Å². The molecule has 5 nitrogen and oxygen atoms in total. The smallest absolute Gasteiger partial charge is 0.306 e. The monoisotopic (exact) mass is 492 g/mol. The summed E-state index contributed by atoms with van der Waals surface area (Å²) in [6.07, 6.45) is 2.01. The highest BCUT2D eigenvalue weighted by molar-refractivity contribution is 7.20. The Bertz CT molecular complexity index is 979. The van der Waals surface area contributed by atoms with Crippen molar-refractivity contribution in [3.05, 3.63) is 28.6 Å². The number of thiophene rings is 1. The van der Waals surface area contributed by atoms with Crippen LogP contribution in [0.3, 0.4) is 0 Å². The highest BCUT2D eigenvalue weighted by Gasteiger charge is 2.36. The second kappa shape index (κ2) is 10.7. The lowest BCUT2D eigenvalue weighted by atomic mass is 10.1. The summed E-state index contributed by atoms with van der Waals surface area (Å²) in [5.74, 6) is 0.451. The first kappa shape index (κ1) is 27.5. The third-order valence-corrected chi connectivity index (χ3v) is 11.7. The van der Waals surface area contributed by atoms with Crippen LogP contribution in [0, 0.1) is 0 Å². The first-order chi connectivity index (χ1) is 15.1. The summed E-state index contributed by atoms with van der Waals surface area (Å²) in [6.45, 7) is 17.5. The average Bonchev–Trinajstić information content (AvgIpc) is 3.09. The molecule has 0 saturated heterocycles. The topological polar surface area (TPSA) is 61.8 Å². The number of fused-ring (bicyclic) bond motifs is 1. The van der Waals surface area contributed by atoms with Crippen LogP contribution in [0.25, 0.3) is 10.1 Å². The minimum Gasteiger partial charge on any atom is -0.496 e.